The van der Waals surface area contributed by atoms with Crippen LogP contribution in [0, 0.1) is 0 Å². The number of nitrogens with zero attached hydrogens (tertiary/aromatic N) is 1. The molecule has 0 spiro atoms. The zero-order chi connectivity index (χ0) is 24.4. The molecule has 4 heteroatoms. The number of aromatic nitrogens is 2. The Morgan fingerprint density at radius 2 is 1.42 bits per heavy atom. The summed E-state index contributed by atoms with van der Waals surface area (Å²) in [6, 6.07) is 35.3. The fourth-order valence-corrected chi connectivity index (χ4v) is 5.69. The molecule has 0 bridgehead atoms. The third-order valence-corrected chi connectivity index (χ3v) is 7.56. The molecule has 0 saturated heterocycles. The fraction of sp³-hybridized carbons (Fsp3) is 0.188. The van der Waals surface area contributed by atoms with E-state index in [4.69, 9.17) is 0 Å². The average Bonchev–Trinajstić information content (AvgIpc) is 3.57. The van der Waals surface area contributed by atoms with Crippen LogP contribution >= 0.6 is 0 Å². The Morgan fingerprint density at radius 3 is 2.14 bits per heavy atom. The summed E-state index contributed by atoms with van der Waals surface area (Å²) in [7, 11) is 0. The summed E-state index contributed by atoms with van der Waals surface area (Å²) >= 11 is 0. The van der Waals surface area contributed by atoms with Gasteiger partial charge in [0.05, 0.1) is 11.2 Å². The topological polar surface area (TPSA) is 57.8 Å². The highest BCUT2D eigenvalue weighted by molar-refractivity contribution is 5.98. The van der Waals surface area contributed by atoms with E-state index in [9.17, 15) is 4.79 Å². The average molecular weight is 472 g/mol. The Kier molecular flexibility index (Phi) is 5.86. The number of fused-ring (bicyclic) bond motifs is 1. The molecular formula is C32H29N3O. The highest BCUT2D eigenvalue weighted by atomic mass is 16.1. The second kappa shape index (κ2) is 9.46. The van der Waals surface area contributed by atoms with Crippen LogP contribution in [0.1, 0.15) is 37.7 Å². The third-order valence-electron chi connectivity index (χ3n) is 7.56. The number of carbonyl (C=O) groups is 1. The summed E-state index contributed by atoms with van der Waals surface area (Å²) in [6.45, 7) is 0. The van der Waals surface area contributed by atoms with Crippen molar-refractivity contribution in [2.75, 3.05) is 5.32 Å². The van der Waals surface area contributed by atoms with Crippen LogP contribution < -0.4 is 5.32 Å². The van der Waals surface area contributed by atoms with Gasteiger partial charge in [-0.2, -0.15) is 5.10 Å². The lowest BCUT2D eigenvalue weighted by atomic mass is 9.76. The lowest BCUT2D eigenvalue weighted by Crippen LogP contribution is -2.29. The Balaban J connectivity index is 1.24. The van der Waals surface area contributed by atoms with Crippen LogP contribution in [0.25, 0.3) is 33.3 Å². The summed E-state index contributed by atoms with van der Waals surface area (Å²) in [5.74, 6) is 0.0670. The van der Waals surface area contributed by atoms with E-state index in [2.05, 4.69) is 88.3 Å². The standard InChI is InChI=1S/C32H29N3O/c36-30(22-32(19-7-8-20-32)26-11-5-2-6-12-26)33-27-17-18-29-28(21-27)31(35-34-29)25-15-13-24(14-16-25)23-9-3-1-4-10-23/h1-6,9-18,21H,7-8,19-20,22H2,(H,33,36)(H,34,35). The molecule has 1 aliphatic rings. The molecule has 1 aromatic heterocycles. The van der Waals surface area contributed by atoms with Crippen molar-refractivity contribution < 1.29 is 4.79 Å². The number of carbonyl (C=O) groups excluding carboxylic acids is 1. The van der Waals surface area contributed by atoms with E-state index >= 15 is 0 Å². The maximum absolute atomic E-state index is 13.2. The van der Waals surface area contributed by atoms with Gasteiger partial charge >= 0.3 is 0 Å². The van der Waals surface area contributed by atoms with Crippen LogP contribution in [0.15, 0.2) is 103 Å². The molecule has 0 radical (unpaired) electrons. The van der Waals surface area contributed by atoms with Crippen LogP contribution in [-0.2, 0) is 10.2 Å². The first-order valence-corrected chi connectivity index (χ1v) is 12.7. The molecule has 5 aromatic rings. The van der Waals surface area contributed by atoms with Gasteiger partial charge in [-0.3, -0.25) is 9.89 Å². The van der Waals surface area contributed by atoms with E-state index in [1.165, 1.54) is 29.5 Å². The molecule has 36 heavy (non-hydrogen) atoms. The van der Waals surface area contributed by atoms with Gasteiger partial charge in [-0.15, -0.1) is 0 Å². The minimum absolute atomic E-state index is 0.0588. The molecule has 1 amide bonds. The van der Waals surface area contributed by atoms with Gasteiger partial charge in [0.1, 0.15) is 0 Å². The minimum atomic E-state index is -0.0588. The number of hydrogen-bond acceptors (Lipinski definition) is 2. The molecule has 1 aliphatic carbocycles. The van der Waals surface area contributed by atoms with Crippen molar-refractivity contribution in [2.45, 2.75) is 37.5 Å². The Morgan fingerprint density at radius 1 is 0.778 bits per heavy atom. The molecule has 0 unspecified atom stereocenters. The number of amides is 1. The number of H-pyrrole nitrogens is 1. The van der Waals surface area contributed by atoms with E-state index in [1.54, 1.807) is 0 Å². The number of anilines is 1. The Labute approximate surface area is 211 Å². The molecule has 4 nitrogen and oxygen atoms in total. The van der Waals surface area contributed by atoms with Crippen LogP contribution in [0.4, 0.5) is 5.69 Å². The molecule has 0 atom stereocenters. The predicted molar refractivity (Wildman–Crippen MR) is 147 cm³/mol. The smallest absolute Gasteiger partial charge is 0.225 e. The number of hydrogen-bond donors (Lipinski definition) is 2. The molecule has 1 saturated carbocycles. The van der Waals surface area contributed by atoms with Gasteiger partial charge in [0.2, 0.25) is 5.91 Å². The number of rotatable bonds is 6. The molecule has 178 valence electrons. The summed E-state index contributed by atoms with van der Waals surface area (Å²) in [6.07, 6.45) is 4.99. The summed E-state index contributed by atoms with van der Waals surface area (Å²) in [5.41, 5.74) is 7.27. The summed E-state index contributed by atoms with van der Waals surface area (Å²) < 4.78 is 0. The van der Waals surface area contributed by atoms with Gasteiger partial charge in [-0.05, 0) is 47.7 Å². The predicted octanol–water partition coefficient (Wildman–Crippen LogP) is 7.74. The zero-order valence-corrected chi connectivity index (χ0v) is 20.2. The van der Waals surface area contributed by atoms with Gasteiger partial charge in [0.15, 0.2) is 0 Å². The summed E-state index contributed by atoms with van der Waals surface area (Å²) in [5, 5.41) is 11.9. The minimum Gasteiger partial charge on any atom is -0.326 e. The second-order valence-corrected chi connectivity index (χ2v) is 9.85. The van der Waals surface area contributed by atoms with E-state index in [-0.39, 0.29) is 11.3 Å². The van der Waals surface area contributed by atoms with Crippen molar-refractivity contribution in [3.05, 3.63) is 109 Å². The Bertz CT molecular complexity index is 1480. The van der Waals surface area contributed by atoms with Gasteiger partial charge in [0, 0.05) is 28.5 Å². The SMILES string of the molecule is O=C(CC1(c2ccccc2)CCCC1)Nc1ccc2[nH]nc(-c3ccc(-c4ccccc4)cc3)c2c1. The Hall–Kier alpha value is -4.18. The quantitative estimate of drug-likeness (QED) is 0.266. The maximum Gasteiger partial charge on any atom is 0.225 e. The normalized spacial score (nSPS) is 14.7. The second-order valence-electron chi connectivity index (χ2n) is 9.85. The molecule has 1 heterocycles. The molecular weight excluding hydrogens is 442 g/mol. The van der Waals surface area contributed by atoms with Crippen molar-refractivity contribution in [1.29, 1.82) is 0 Å². The van der Waals surface area contributed by atoms with Gasteiger partial charge in [-0.1, -0.05) is 97.8 Å². The van der Waals surface area contributed by atoms with E-state index in [0.717, 1.165) is 40.7 Å². The fourth-order valence-electron chi connectivity index (χ4n) is 5.69. The first-order chi connectivity index (χ1) is 17.7. The third kappa shape index (κ3) is 4.31. The lowest BCUT2D eigenvalue weighted by molar-refractivity contribution is -0.117. The highest BCUT2D eigenvalue weighted by Gasteiger charge is 2.37. The monoisotopic (exact) mass is 471 g/mol. The van der Waals surface area contributed by atoms with Crippen molar-refractivity contribution in [2.24, 2.45) is 0 Å². The van der Waals surface area contributed by atoms with Crippen molar-refractivity contribution in [3.8, 4) is 22.4 Å². The van der Waals surface area contributed by atoms with Gasteiger partial charge in [0.25, 0.3) is 0 Å². The van der Waals surface area contributed by atoms with Crippen LogP contribution in [0.5, 0.6) is 0 Å². The van der Waals surface area contributed by atoms with Gasteiger partial charge in [-0.25, -0.2) is 0 Å². The van der Waals surface area contributed by atoms with Crippen molar-refractivity contribution in [1.82, 2.24) is 10.2 Å². The molecule has 1 fully saturated rings. The van der Waals surface area contributed by atoms with Crippen LogP contribution in [-0.4, -0.2) is 16.1 Å². The molecule has 0 aliphatic heterocycles. The van der Waals surface area contributed by atoms with Crippen molar-refractivity contribution in [3.63, 3.8) is 0 Å². The largest absolute Gasteiger partial charge is 0.326 e. The first kappa shape index (κ1) is 22.3. The molecule has 4 aromatic carbocycles. The first-order valence-electron chi connectivity index (χ1n) is 12.7. The number of benzene rings is 4. The molecule has 6 rings (SSSR count). The lowest BCUT2D eigenvalue weighted by Gasteiger charge is -2.29. The summed E-state index contributed by atoms with van der Waals surface area (Å²) in [4.78, 5) is 13.2. The number of aromatic amines is 1. The van der Waals surface area contributed by atoms with Crippen LogP contribution in [0.3, 0.4) is 0 Å². The van der Waals surface area contributed by atoms with E-state index in [0.29, 0.717) is 6.42 Å². The highest BCUT2D eigenvalue weighted by Crippen LogP contribution is 2.44. The zero-order valence-electron chi connectivity index (χ0n) is 20.2. The van der Waals surface area contributed by atoms with Gasteiger partial charge < -0.3 is 5.32 Å². The van der Waals surface area contributed by atoms with Crippen molar-refractivity contribution >= 4 is 22.5 Å². The number of nitrogens with one attached hydrogen (secondary N) is 2. The van der Waals surface area contributed by atoms with Crippen LogP contribution in [0.2, 0.25) is 0 Å². The van der Waals surface area contributed by atoms with E-state index < -0.39 is 0 Å². The maximum atomic E-state index is 13.2. The molecule has 2 N–H and O–H groups in total. The van der Waals surface area contributed by atoms with E-state index in [1.807, 2.05) is 30.3 Å².